The molecular formula is C24H28N4O2. The zero-order valence-corrected chi connectivity index (χ0v) is 17.4. The van der Waals surface area contributed by atoms with E-state index in [1.807, 2.05) is 47.9 Å². The van der Waals surface area contributed by atoms with Gasteiger partial charge in [0, 0.05) is 31.5 Å². The van der Waals surface area contributed by atoms with Crippen LogP contribution >= 0.6 is 0 Å². The molecule has 2 atom stereocenters. The topological polar surface area (TPSA) is 76.4 Å². The molecule has 1 fully saturated rings. The Morgan fingerprint density at radius 2 is 2.03 bits per heavy atom. The van der Waals surface area contributed by atoms with Gasteiger partial charge in [0.1, 0.15) is 11.6 Å². The van der Waals surface area contributed by atoms with Crippen LogP contribution in [0.1, 0.15) is 55.5 Å². The summed E-state index contributed by atoms with van der Waals surface area (Å²) < 4.78 is 1.98. The molecule has 0 spiro atoms. The molecule has 0 saturated heterocycles. The van der Waals surface area contributed by atoms with Crippen LogP contribution in [0.2, 0.25) is 0 Å². The summed E-state index contributed by atoms with van der Waals surface area (Å²) in [5.74, 6) is 1.30. The number of fused-ring (bicyclic) bond motifs is 1. The van der Waals surface area contributed by atoms with Crippen molar-refractivity contribution in [1.82, 2.24) is 19.9 Å². The first-order valence-corrected chi connectivity index (χ1v) is 10.8. The molecule has 2 heterocycles. The Morgan fingerprint density at radius 3 is 2.80 bits per heavy atom. The van der Waals surface area contributed by atoms with Crippen LogP contribution in [0.3, 0.4) is 0 Å². The third kappa shape index (κ3) is 4.58. The molecule has 156 valence electrons. The van der Waals surface area contributed by atoms with Crippen molar-refractivity contribution >= 4 is 17.3 Å². The Hall–Kier alpha value is -3.02. The van der Waals surface area contributed by atoms with Crippen LogP contribution in [-0.2, 0) is 22.4 Å². The Labute approximate surface area is 176 Å². The van der Waals surface area contributed by atoms with Gasteiger partial charge in [0.2, 0.25) is 5.91 Å². The Balaban J connectivity index is 1.24. The van der Waals surface area contributed by atoms with Crippen LogP contribution in [0.5, 0.6) is 0 Å². The van der Waals surface area contributed by atoms with E-state index in [1.54, 1.807) is 0 Å². The number of hydrogen-bond acceptors (Lipinski definition) is 4. The van der Waals surface area contributed by atoms with Crippen LogP contribution in [0.4, 0.5) is 0 Å². The lowest BCUT2D eigenvalue weighted by Gasteiger charge is -2.14. The number of amides is 1. The molecule has 1 aliphatic rings. The molecule has 1 aromatic carbocycles. The lowest BCUT2D eigenvalue weighted by atomic mass is 9.94. The highest BCUT2D eigenvalue weighted by molar-refractivity contribution is 5.83. The summed E-state index contributed by atoms with van der Waals surface area (Å²) >= 11 is 0. The first kappa shape index (κ1) is 20.3. The molecule has 0 aliphatic heterocycles. The van der Waals surface area contributed by atoms with Gasteiger partial charge in [-0.2, -0.15) is 0 Å². The molecule has 1 saturated carbocycles. The van der Waals surface area contributed by atoms with E-state index in [0.717, 1.165) is 55.6 Å². The van der Waals surface area contributed by atoms with Crippen molar-refractivity contribution in [2.75, 3.05) is 6.54 Å². The van der Waals surface area contributed by atoms with Gasteiger partial charge in [-0.15, -0.1) is 10.2 Å². The van der Waals surface area contributed by atoms with Crippen molar-refractivity contribution < 1.29 is 9.59 Å². The first-order chi connectivity index (χ1) is 14.6. The lowest BCUT2D eigenvalue weighted by molar-refractivity contribution is -0.122. The molecule has 1 aliphatic carbocycles. The van der Waals surface area contributed by atoms with Crippen LogP contribution < -0.4 is 5.32 Å². The van der Waals surface area contributed by atoms with Crippen LogP contribution in [-0.4, -0.2) is 32.8 Å². The molecular weight excluding hydrogens is 376 g/mol. The molecule has 3 aromatic rings. The van der Waals surface area contributed by atoms with Crippen LogP contribution in [0.15, 0.2) is 48.7 Å². The maximum Gasteiger partial charge on any atom is 0.227 e. The Morgan fingerprint density at radius 1 is 1.20 bits per heavy atom. The molecule has 1 amide bonds. The predicted octanol–water partition coefficient (Wildman–Crippen LogP) is 3.49. The Bertz CT molecular complexity index is 1030. The number of carbonyl (C=O) groups is 2. The number of hydrogen-bond donors (Lipinski definition) is 1. The molecule has 1 N–H and O–H groups in total. The largest absolute Gasteiger partial charge is 0.356 e. The monoisotopic (exact) mass is 404 g/mol. The predicted molar refractivity (Wildman–Crippen MR) is 115 cm³/mol. The minimum Gasteiger partial charge on any atom is -0.356 e. The van der Waals surface area contributed by atoms with Gasteiger partial charge in [-0.05, 0) is 55.9 Å². The number of aryl methyl sites for hydroxylation is 1. The van der Waals surface area contributed by atoms with E-state index in [1.165, 1.54) is 5.56 Å². The number of Topliss-reactive ketones (excluding diaryl/α,β-unsaturated/α-hetero) is 1. The highest BCUT2D eigenvalue weighted by Crippen LogP contribution is 2.26. The fraction of sp³-hybridized carbons (Fsp3) is 0.417. The van der Waals surface area contributed by atoms with Gasteiger partial charge < -0.3 is 5.32 Å². The summed E-state index contributed by atoms with van der Waals surface area (Å²) in [6.07, 6.45) is 7.09. The molecule has 4 rings (SSSR count). The molecule has 0 radical (unpaired) electrons. The molecule has 6 nitrogen and oxygen atoms in total. The molecule has 2 aromatic heterocycles. The summed E-state index contributed by atoms with van der Waals surface area (Å²) in [6, 6.07) is 14.0. The highest BCUT2D eigenvalue weighted by Gasteiger charge is 2.24. The average molecular weight is 405 g/mol. The number of carbonyl (C=O) groups excluding carboxylic acids is 2. The van der Waals surface area contributed by atoms with Crippen molar-refractivity contribution in [2.45, 2.75) is 51.4 Å². The van der Waals surface area contributed by atoms with Crippen molar-refractivity contribution in [3.8, 4) is 0 Å². The summed E-state index contributed by atoms with van der Waals surface area (Å²) in [5.41, 5.74) is 3.01. The number of aromatic nitrogens is 3. The van der Waals surface area contributed by atoms with Crippen molar-refractivity contribution in [3.63, 3.8) is 0 Å². The number of rotatable bonds is 8. The van der Waals surface area contributed by atoms with Crippen LogP contribution in [0.25, 0.3) is 5.65 Å². The molecule has 6 heteroatoms. The maximum absolute atomic E-state index is 12.5. The maximum atomic E-state index is 12.5. The van der Waals surface area contributed by atoms with E-state index in [0.29, 0.717) is 12.3 Å². The van der Waals surface area contributed by atoms with Gasteiger partial charge in [0.05, 0.1) is 5.92 Å². The number of nitrogens with one attached hydrogen (secondary N) is 1. The molecule has 0 unspecified atom stereocenters. The minimum atomic E-state index is -0.207. The van der Waals surface area contributed by atoms with Gasteiger partial charge in [-0.3, -0.25) is 14.0 Å². The lowest BCUT2D eigenvalue weighted by Crippen LogP contribution is -2.29. The first-order valence-electron chi connectivity index (χ1n) is 10.8. The van der Waals surface area contributed by atoms with Crippen molar-refractivity contribution in [1.29, 1.82) is 0 Å². The molecule has 0 bridgehead atoms. The van der Waals surface area contributed by atoms with Gasteiger partial charge >= 0.3 is 0 Å². The van der Waals surface area contributed by atoms with E-state index < -0.39 is 0 Å². The summed E-state index contributed by atoms with van der Waals surface area (Å²) in [6.45, 7) is 2.53. The van der Waals surface area contributed by atoms with Crippen molar-refractivity contribution in [2.24, 2.45) is 5.92 Å². The summed E-state index contributed by atoms with van der Waals surface area (Å²) in [5, 5.41) is 11.4. The second kappa shape index (κ2) is 9.20. The molecule has 30 heavy (non-hydrogen) atoms. The van der Waals surface area contributed by atoms with Gasteiger partial charge in [-0.1, -0.05) is 30.3 Å². The van der Waals surface area contributed by atoms with E-state index in [4.69, 9.17) is 0 Å². The van der Waals surface area contributed by atoms with Gasteiger partial charge in [0.25, 0.3) is 0 Å². The third-order valence-corrected chi connectivity index (χ3v) is 6.05. The van der Waals surface area contributed by atoms with Gasteiger partial charge in [0.15, 0.2) is 5.65 Å². The fourth-order valence-corrected chi connectivity index (χ4v) is 4.15. The second-order valence-corrected chi connectivity index (χ2v) is 8.16. The Kier molecular flexibility index (Phi) is 6.21. The van der Waals surface area contributed by atoms with E-state index in [9.17, 15) is 9.59 Å². The standard InChI is InChI=1S/C24H28N4O2/c1-17(19-12-10-18(11-13-19)16-20-6-4-7-21(20)29)24(30)25-14-5-9-23-27-26-22-8-2-3-15-28(22)23/h2-3,8,10-13,15,17,20H,4-7,9,14,16H2,1H3,(H,25,30)/t17-,20-/m1/s1. The number of ketones is 1. The minimum absolute atomic E-state index is 0.0276. The number of nitrogens with zero attached hydrogens (tertiary/aromatic N) is 3. The number of benzene rings is 1. The summed E-state index contributed by atoms with van der Waals surface area (Å²) in [7, 11) is 0. The zero-order valence-electron chi connectivity index (χ0n) is 17.4. The normalized spacial score (nSPS) is 17.4. The number of pyridine rings is 1. The SMILES string of the molecule is C[C@@H](C(=O)NCCCc1nnc2ccccn12)c1ccc(C[C@H]2CCCC2=O)cc1. The van der Waals surface area contributed by atoms with Crippen LogP contribution in [0, 0.1) is 5.92 Å². The smallest absolute Gasteiger partial charge is 0.227 e. The van der Waals surface area contributed by atoms with Gasteiger partial charge in [-0.25, -0.2) is 0 Å². The van der Waals surface area contributed by atoms with Crippen molar-refractivity contribution in [3.05, 3.63) is 65.6 Å². The van der Waals surface area contributed by atoms with E-state index >= 15 is 0 Å². The third-order valence-electron chi connectivity index (χ3n) is 6.05. The summed E-state index contributed by atoms with van der Waals surface area (Å²) in [4.78, 5) is 24.4. The van der Waals surface area contributed by atoms with E-state index in [-0.39, 0.29) is 17.7 Å². The quantitative estimate of drug-likeness (QED) is 0.583. The highest BCUT2D eigenvalue weighted by atomic mass is 16.1. The average Bonchev–Trinajstić information content (AvgIpc) is 3.37. The van der Waals surface area contributed by atoms with E-state index in [2.05, 4.69) is 27.6 Å². The fourth-order valence-electron chi connectivity index (χ4n) is 4.15. The second-order valence-electron chi connectivity index (χ2n) is 8.16. The zero-order chi connectivity index (χ0) is 20.9.